The molecule has 0 saturated heterocycles. The van der Waals surface area contributed by atoms with E-state index in [4.69, 9.17) is 14.2 Å². The molecule has 410 valence electrons. The summed E-state index contributed by atoms with van der Waals surface area (Å²) in [4.78, 5) is 38.3. The van der Waals surface area contributed by atoms with E-state index in [0.29, 0.717) is 19.3 Å². The zero-order chi connectivity index (χ0) is 50.4. The van der Waals surface area contributed by atoms with Gasteiger partial charge in [-0.3, -0.25) is 14.4 Å². The van der Waals surface area contributed by atoms with Gasteiger partial charge in [-0.1, -0.05) is 317 Å². The van der Waals surface area contributed by atoms with Crippen LogP contribution in [0.2, 0.25) is 0 Å². The van der Waals surface area contributed by atoms with Crippen LogP contribution in [-0.4, -0.2) is 37.2 Å². The Hall–Kier alpha value is -1.59. The van der Waals surface area contributed by atoms with Gasteiger partial charge in [0.1, 0.15) is 13.2 Å². The van der Waals surface area contributed by atoms with Gasteiger partial charge < -0.3 is 14.2 Å². The molecule has 0 aromatic carbocycles. The monoisotopic (exact) mass is 975 g/mol. The molecule has 1 atom stereocenters. The minimum atomic E-state index is -0.763. The molecular formula is C63H122O6. The molecular weight excluding hydrogens is 853 g/mol. The third-order valence-electron chi connectivity index (χ3n) is 14.5. The van der Waals surface area contributed by atoms with Crippen LogP contribution in [-0.2, 0) is 28.6 Å². The quantitative estimate of drug-likeness (QED) is 0.0343. The lowest BCUT2D eigenvalue weighted by atomic mass is 10.0. The van der Waals surface area contributed by atoms with E-state index in [0.717, 1.165) is 69.6 Å². The van der Waals surface area contributed by atoms with E-state index in [-0.39, 0.29) is 31.1 Å². The highest BCUT2D eigenvalue weighted by Gasteiger charge is 2.19. The van der Waals surface area contributed by atoms with Gasteiger partial charge in [-0.25, -0.2) is 0 Å². The second-order valence-corrected chi connectivity index (χ2v) is 22.6. The summed E-state index contributed by atoms with van der Waals surface area (Å²) in [6.07, 6.45) is 61.0. The minimum Gasteiger partial charge on any atom is -0.462 e. The molecule has 0 bridgehead atoms. The lowest BCUT2D eigenvalue weighted by Crippen LogP contribution is -2.30. The lowest BCUT2D eigenvalue weighted by molar-refractivity contribution is -0.167. The molecule has 0 radical (unpaired) electrons. The average molecular weight is 976 g/mol. The molecule has 0 aliphatic carbocycles. The van der Waals surface area contributed by atoms with Crippen LogP contribution in [0.5, 0.6) is 0 Å². The molecule has 0 N–H and O–H groups in total. The van der Waals surface area contributed by atoms with Crippen molar-refractivity contribution in [2.45, 2.75) is 362 Å². The number of ether oxygens (including phenoxy) is 3. The van der Waals surface area contributed by atoms with Crippen molar-refractivity contribution in [2.24, 2.45) is 11.8 Å². The Morgan fingerprint density at radius 3 is 0.710 bits per heavy atom. The highest BCUT2D eigenvalue weighted by Crippen LogP contribution is 2.19. The number of rotatable bonds is 57. The Morgan fingerprint density at radius 1 is 0.275 bits per heavy atom. The number of hydrogen-bond donors (Lipinski definition) is 0. The molecule has 6 nitrogen and oxygen atoms in total. The van der Waals surface area contributed by atoms with Crippen LogP contribution in [0.15, 0.2) is 0 Å². The Balaban J connectivity index is 4.28. The number of carbonyl (C=O) groups is 3. The van der Waals surface area contributed by atoms with E-state index in [1.165, 1.54) is 244 Å². The summed E-state index contributed by atoms with van der Waals surface area (Å²) in [5.74, 6) is 0.864. The fourth-order valence-corrected chi connectivity index (χ4v) is 9.76. The maximum atomic E-state index is 12.9. The van der Waals surface area contributed by atoms with E-state index in [9.17, 15) is 14.4 Å². The van der Waals surface area contributed by atoms with Crippen molar-refractivity contribution in [1.82, 2.24) is 0 Å². The maximum absolute atomic E-state index is 12.9. The number of carbonyl (C=O) groups excluding carboxylic acids is 3. The zero-order valence-electron chi connectivity index (χ0n) is 47.5. The first-order chi connectivity index (χ1) is 33.7. The van der Waals surface area contributed by atoms with Crippen LogP contribution in [0.1, 0.15) is 356 Å². The van der Waals surface area contributed by atoms with Gasteiger partial charge in [0.05, 0.1) is 0 Å². The van der Waals surface area contributed by atoms with Crippen LogP contribution in [0.4, 0.5) is 0 Å². The highest BCUT2D eigenvalue weighted by molar-refractivity contribution is 5.71. The van der Waals surface area contributed by atoms with Crippen molar-refractivity contribution in [3.63, 3.8) is 0 Å². The lowest BCUT2D eigenvalue weighted by Gasteiger charge is -2.18. The standard InChI is InChI=1S/C63H122O6/c1-6-7-8-9-10-11-12-13-16-23-28-33-38-43-48-53-61(64)67-56-60(69-63(66)55-50-45-40-35-30-25-20-19-22-27-32-37-42-47-52-59(4)5)57-68-62(65)54-49-44-39-34-29-24-18-15-14-17-21-26-31-36-41-46-51-58(2)3/h58-60H,6-57H2,1-5H3/t60-/m1/s1. The largest absolute Gasteiger partial charge is 0.462 e. The van der Waals surface area contributed by atoms with Crippen molar-refractivity contribution >= 4 is 17.9 Å². The summed E-state index contributed by atoms with van der Waals surface area (Å²) in [6, 6.07) is 0. The fourth-order valence-electron chi connectivity index (χ4n) is 9.76. The van der Waals surface area contributed by atoms with Crippen LogP contribution in [0.25, 0.3) is 0 Å². The number of esters is 3. The SMILES string of the molecule is CCCCCCCCCCCCCCCCCC(=O)OC[C@H](COC(=O)CCCCCCCCCCCCCCCCCCC(C)C)OC(=O)CCCCCCCCCCCCCCCCC(C)C. The number of unbranched alkanes of at least 4 members (excludes halogenated alkanes) is 42. The summed E-state index contributed by atoms with van der Waals surface area (Å²) >= 11 is 0. The Bertz CT molecular complexity index is 1060. The summed E-state index contributed by atoms with van der Waals surface area (Å²) in [7, 11) is 0. The molecule has 0 rings (SSSR count). The molecule has 6 heteroatoms. The van der Waals surface area contributed by atoms with E-state index >= 15 is 0 Å². The zero-order valence-corrected chi connectivity index (χ0v) is 47.5. The molecule has 0 aromatic rings. The van der Waals surface area contributed by atoms with Crippen molar-refractivity contribution in [1.29, 1.82) is 0 Å². The minimum absolute atomic E-state index is 0.0619. The summed E-state index contributed by atoms with van der Waals surface area (Å²) < 4.78 is 16.9. The third-order valence-corrected chi connectivity index (χ3v) is 14.5. The molecule has 0 aromatic heterocycles. The normalized spacial score (nSPS) is 12.0. The molecule has 0 fully saturated rings. The molecule has 0 amide bonds. The van der Waals surface area contributed by atoms with Crippen LogP contribution in [0, 0.1) is 11.8 Å². The fraction of sp³-hybridized carbons (Fsp3) is 0.952. The van der Waals surface area contributed by atoms with Gasteiger partial charge in [0, 0.05) is 19.3 Å². The smallest absolute Gasteiger partial charge is 0.306 e. The molecule has 0 spiro atoms. The van der Waals surface area contributed by atoms with Gasteiger partial charge in [-0.15, -0.1) is 0 Å². The predicted molar refractivity (Wildman–Crippen MR) is 298 cm³/mol. The van der Waals surface area contributed by atoms with Crippen LogP contribution < -0.4 is 0 Å². The van der Waals surface area contributed by atoms with Gasteiger partial charge >= 0.3 is 17.9 Å². The van der Waals surface area contributed by atoms with Gasteiger partial charge in [0.25, 0.3) is 0 Å². The Labute approximate surface area is 431 Å². The second-order valence-electron chi connectivity index (χ2n) is 22.6. The first-order valence-corrected chi connectivity index (χ1v) is 31.2. The van der Waals surface area contributed by atoms with Crippen molar-refractivity contribution in [3.05, 3.63) is 0 Å². The van der Waals surface area contributed by atoms with Gasteiger partial charge in [-0.2, -0.15) is 0 Å². The van der Waals surface area contributed by atoms with E-state index in [2.05, 4.69) is 34.6 Å². The second kappa shape index (κ2) is 55.7. The molecule has 69 heavy (non-hydrogen) atoms. The van der Waals surface area contributed by atoms with Crippen LogP contribution >= 0.6 is 0 Å². The third kappa shape index (κ3) is 57.2. The highest BCUT2D eigenvalue weighted by atomic mass is 16.6. The summed E-state index contributed by atoms with van der Waals surface area (Å²) in [5, 5.41) is 0. The Morgan fingerprint density at radius 2 is 0.478 bits per heavy atom. The molecule has 0 aliphatic rings. The maximum Gasteiger partial charge on any atom is 0.306 e. The summed E-state index contributed by atoms with van der Waals surface area (Å²) in [5.41, 5.74) is 0. The van der Waals surface area contributed by atoms with E-state index in [1.54, 1.807) is 0 Å². The predicted octanol–water partition coefficient (Wildman–Crippen LogP) is 20.8. The Kier molecular flexibility index (Phi) is 54.4. The molecule has 0 aliphatic heterocycles. The van der Waals surface area contributed by atoms with E-state index in [1.807, 2.05) is 0 Å². The molecule has 0 heterocycles. The van der Waals surface area contributed by atoms with Gasteiger partial charge in [0.15, 0.2) is 6.10 Å². The molecule has 0 unspecified atom stereocenters. The average Bonchev–Trinajstić information content (AvgIpc) is 3.32. The van der Waals surface area contributed by atoms with Gasteiger partial charge in [-0.05, 0) is 31.1 Å². The topological polar surface area (TPSA) is 78.9 Å². The van der Waals surface area contributed by atoms with Crippen LogP contribution in [0.3, 0.4) is 0 Å². The van der Waals surface area contributed by atoms with Crippen molar-refractivity contribution < 1.29 is 28.6 Å². The number of hydrogen-bond acceptors (Lipinski definition) is 6. The van der Waals surface area contributed by atoms with E-state index < -0.39 is 6.10 Å². The first-order valence-electron chi connectivity index (χ1n) is 31.2. The van der Waals surface area contributed by atoms with Crippen molar-refractivity contribution in [2.75, 3.05) is 13.2 Å². The van der Waals surface area contributed by atoms with Crippen molar-refractivity contribution in [3.8, 4) is 0 Å². The summed E-state index contributed by atoms with van der Waals surface area (Å²) in [6.45, 7) is 11.5. The molecule has 0 saturated carbocycles. The first kappa shape index (κ1) is 67.4. The van der Waals surface area contributed by atoms with Gasteiger partial charge in [0.2, 0.25) is 0 Å².